The molecule has 0 aliphatic carbocycles. The molecule has 1 N–H and O–H groups in total. The Kier molecular flexibility index (Phi) is 5.83. The summed E-state index contributed by atoms with van der Waals surface area (Å²) in [7, 11) is 3.21. The summed E-state index contributed by atoms with van der Waals surface area (Å²) in [6.45, 7) is 0.530. The van der Waals surface area contributed by atoms with Crippen molar-refractivity contribution < 1.29 is 19.1 Å². The Hall–Kier alpha value is -4.26. The summed E-state index contributed by atoms with van der Waals surface area (Å²) in [5.74, 6) is 1.28. The fraction of sp³-hybridized carbons (Fsp3) is 0.267. The van der Waals surface area contributed by atoms with E-state index in [9.17, 15) is 9.59 Å². The lowest BCUT2D eigenvalue weighted by Gasteiger charge is -2.47. The van der Waals surface area contributed by atoms with Crippen LogP contribution in [0, 0.1) is 0 Å². The van der Waals surface area contributed by atoms with Gasteiger partial charge in [0, 0.05) is 29.6 Å². The smallest absolute Gasteiger partial charge is 0.246 e. The van der Waals surface area contributed by atoms with Crippen molar-refractivity contribution in [3.8, 4) is 11.5 Å². The van der Waals surface area contributed by atoms with Crippen LogP contribution in [0.3, 0.4) is 0 Å². The van der Waals surface area contributed by atoms with Crippen molar-refractivity contribution in [3.05, 3.63) is 95.2 Å². The molecule has 2 aliphatic heterocycles. The van der Waals surface area contributed by atoms with Gasteiger partial charge >= 0.3 is 0 Å². The van der Waals surface area contributed by atoms with Gasteiger partial charge in [0.05, 0.1) is 26.8 Å². The molecule has 2 atom stereocenters. The molecule has 37 heavy (non-hydrogen) atoms. The monoisotopic (exact) mass is 495 g/mol. The summed E-state index contributed by atoms with van der Waals surface area (Å²) in [6, 6.07) is 23.0. The number of ether oxygens (including phenoxy) is 2. The van der Waals surface area contributed by atoms with Crippen molar-refractivity contribution in [1.29, 1.82) is 0 Å². The highest BCUT2D eigenvalue weighted by Crippen LogP contribution is 2.42. The Bertz CT molecular complexity index is 1480. The van der Waals surface area contributed by atoms with Crippen LogP contribution < -0.4 is 9.47 Å². The minimum Gasteiger partial charge on any atom is -0.493 e. The van der Waals surface area contributed by atoms with Crippen LogP contribution in [0.2, 0.25) is 0 Å². The van der Waals surface area contributed by atoms with Gasteiger partial charge in [0.25, 0.3) is 0 Å². The fourth-order valence-electron chi connectivity index (χ4n) is 5.79. The van der Waals surface area contributed by atoms with E-state index >= 15 is 0 Å². The van der Waals surface area contributed by atoms with Gasteiger partial charge in [-0.2, -0.15) is 0 Å². The molecule has 3 aromatic carbocycles. The van der Waals surface area contributed by atoms with Crippen LogP contribution >= 0.6 is 0 Å². The highest BCUT2D eigenvalue weighted by atomic mass is 16.5. The van der Waals surface area contributed by atoms with Crippen molar-refractivity contribution in [3.63, 3.8) is 0 Å². The number of H-pyrrole nitrogens is 1. The van der Waals surface area contributed by atoms with E-state index in [0.717, 1.165) is 33.3 Å². The molecular weight excluding hydrogens is 466 g/mol. The molecule has 2 amide bonds. The molecule has 188 valence electrons. The van der Waals surface area contributed by atoms with E-state index in [2.05, 4.69) is 11.1 Å². The van der Waals surface area contributed by atoms with Crippen molar-refractivity contribution in [2.45, 2.75) is 24.9 Å². The number of piperazine rings is 1. The third kappa shape index (κ3) is 3.91. The third-order valence-corrected chi connectivity index (χ3v) is 7.58. The second kappa shape index (κ2) is 9.32. The molecule has 6 rings (SSSR count). The number of para-hydroxylation sites is 1. The van der Waals surface area contributed by atoms with Crippen LogP contribution in [0.15, 0.2) is 72.8 Å². The summed E-state index contributed by atoms with van der Waals surface area (Å²) < 4.78 is 10.8. The van der Waals surface area contributed by atoms with Crippen molar-refractivity contribution in [2.75, 3.05) is 27.3 Å². The summed E-state index contributed by atoms with van der Waals surface area (Å²) >= 11 is 0. The summed E-state index contributed by atoms with van der Waals surface area (Å²) in [6.07, 6.45) is 1.12. The predicted octanol–water partition coefficient (Wildman–Crippen LogP) is 4.11. The summed E-state index contributed by atoms with van der Waals surface area (Å²) in [5.41, 5.74) is 5.17. The lowest BCUT2D eigenvalue weighted by atomic mass is 9.86. The summed E-state index contributed by atoms with van der Waals surface area (Å²) in [4.78, 5) is 34.6. The lowest BCUT2D eigenvalue weighted by molar-refractivity contribution is -0.158. The Morgan fingerprint density at radius 1 is 0.919 bits per heavy atom. The van der Waals surface area contributed by atoms with E-state index < -0.39 is 6.04 Å². The Morgan fingerprint density at radius 2 is 1.68 bits per heavy atom. The molecule has 7 heteroatoms. The van der Waals surface area contributed by atoms with E-state index in [1.54, 1.807) is 19.1 Å². The normalized spacial score (nSPS) is 19.1. The molecule has 2 aliphatic rings. The maximum absolute atomic E-state index is 13.9. The number of nitrogens with zero attached hydrogens (tertiary/aromatic N) is 2. The maximum Gasteiger partial charge on any atom is 0.246 e. The zero-order valence-corrected chi connectivity index (χ0v) is 20.9. The second-order valence-corrected chi connectivity index (χ2v) is 9.60. The zero-order valence-electron chi connectivity index (χ0n) is 20.9. The molecule has 0 spiro atoms. The van der Waals surface area contributed by atoms with Gasteiger partial charge in [-0.1, -0.05) is 54.6 Å². The standard InChI is InChI=1S/C30H29N3O4/c1-36-25-13-12-19(16-26(25)37-2)14-15-32-18-27(34)33-24(30(32)35)17-22-21-10-6-7-11-23(21)31-28(22)29(33)20-8-4-3-5-9-20/h3-13,16,24,29,31H,14-15,17-18H2,1-2H3. The van der Waals surface area contributed by atoms with Crippen molar-refractivity contribution in [1.82, 2.24) is 14.8 Å². The van der Waals surface area contributed by atoms with E-state index in [1.807, 2.05) is 71.6 Å². The fourth-order valence-corrected chi connectivity index (χ4v) is 5.79. The van der Waals surface area contributed by atoms with E-state index in [0.29, 0.717) is 30.9 Å². The van der Waals surface area contributed by atoms with Crippen LogP contribution in [0.4, 0.5) is 0 Å². The van der Waals surface area contributed by atoms with Gasteiger partial charge in [0.1, 0.15) is 6.04 Å². The Morgan fingerprint density at radius 3 is 2.46 bits per heavy atom. The molecule has 1 aromatic heterocycles. The van der Waals surface area contributed by atoms with Crippen molar-refractivity contribution >= 4 is 22.7 Å². The van der Waals surface area contributed by atoms with Crippen LogP contribution in [-0.2, 0) is 22.4 Å². The van der Waals surface area contributed by atoms with E-state index in [1.165, 1.54) is 0 Å². The maximum atomic E-state index is 13.9. The van der Waals surface area contributed by atoms with Gasteiger partial charge < -0.3 is 24.3 Å². The molecule has 3 heterocycles. The third-order valence-electron chi connectivity index (χ3n) is 7.58. The number of aromatic amines is 1. The first-order chi connectivity index (χ1) is 18.1. The van der Waals surface area contributed by atoms with Crippen molar-refractivity contribution in [2.24, 2.45) is 0 Å². The first-order valence-electron chi connectivity index (χ1n) is 12.5. The number of hydrogen-bond donors (Lipinski definition) is 1. The Labute approximate surface area is 215 Å². The van der Waals surface area contributed by atoms with E-state index in [4.69, 9.17) is 9.47 Å². The van der Waals surface area contributed by atoms with Gasteiger partial charge in [0.2, 0.25) is 11.8 Å². The zero-order chi connectivity index (χ0) is 25.5. The highest BCUT2D eigenvalue weighted by molar-refractivity contribution is 5.97. The number of rotatable bonds is 6. The number of carbonyl (C=O) groups is 2. The Balaban J connectivity index is 1.33. The number of methoxy groups -OCH3 is 2. The van der Waals surface area contributed by atoms with Gasteiger partial charge in [0.15, 0.2) is 11.5 Å². The van der Waals surface area contributed by atoms with Gasteiger partial charge in [-0.05, 0) is 41.3 Å². The van der Waals surface area contributed by atoms with Crippen LogP contribution in [0.1, 0.15) is 28.4 Å². The number of fused-ring (bicyclic) bond motifs is 4. The molecule has 0 bridgehead atoms. The van der Waals surface area contributed by atoms with Crippen LogP contribution in [0.5, 0.6) is 11.5 Å². The number of amides is 2. The first-order valence-corrected chi connectivity index (χ1v) is 12.5. The average molecular weight is 496 g/mol. The quantitative estimate of drug-likeness (QED) is 0.437. The number of benzene rings is 3. The minimum atomic E-state index is -0.538. The van der Waals surface area contributed by atoms with E-state index in [-0.39, 0.29) is 24.4 Å². The topological polar surface area (TPSA) is 74.9 Å². The van der Waals surface area contributed by atoms with Gasteiger partial charge in [-0.3, -0.25) is 9.59 Å². The molecule has 0 saturated carbocycles. The van der Waals surface area contributed by atoms with Gasteiger partial charge in [-0.25, -0.2) is 0 Å². The molecule has 1 saturated heterocycles. The van der Waals surface area contributed by atoms with Gasteiger partial charge in [-0.15, -0.1) is 0 Å². The molecule has 1 fully saturated rings. The molecule has 4 aromatic rings. The number of carbonyl (C=O) groups excluding carboxylic acids is 2. The van der Waals surface area contributed by atoms with Crippen LogP contribution in [-0.4, -0.2) is 59.9 Å². The molecule has 2 unspecified atom stereocenters. The second-order valence-electron chi connectivity index (χ2n) is 9.60. The first kappa shape index (κ1) is 23.2. The highest BCUT2D eigenvalue weighted by Gasteiger charge is 2.48. The average Bonchev–Trinajstić information content (AvgIpc) is 3.31. The SMILES string of the molecule is COc1ccc(CCN2CC(=O)N3C(Cc4c([nH]c5ccccc45)C3c3ccccc3)C2=O)cc1OC. The number of nitrogens with one attached hydrogen (secondary N) is 1. The lowest BCUT2D eigenvalue weighted by Crippen LogP contribution is -2.63. The largest absolute Gasteiger partial charge is 0.493 e. The number of hydrogen-bond acceptors (Lipinski definition) is 4. The summed E-state index contributed by atoms with van der Waals surface area (Å²) in [5, 5.41) is 1.11. The molecular formula is C30H29N3O4. The molecule has 0 radical (unpaired) electrons. The number of aromatic nitrogens is 1. The predicted molar refractivity (Wildman–Crippen MR) is 141 cm³/mol. The minimum absolute atomic E-state index is 0.00283. The molecule has 7 nitrogen and oxygen atoms in total. The van der Waals surface area contributed by atoms with Crippen LogP contribution in [0.25, 0.3) is 10.9 Å².